The van der Waals surface area contributed by atoms with E-state index in [4.69, 9.17) is 0 Å². The van der Waals surface area contributed by atoms with Gasteiger partial charge in [0.2, 0.25) is 0 Å². The lowest BCUT2D eigenvalue weighted by molar-refractivity contribution is -0.0911. The average Bonchev–Trinajstić information content (AvgIpc) is 2.81. The smallest absolute Gasteiger partial charge is 0.256 e. The SMILES string of the molecule is CN(C)CCN1C(=O)c2ccccc2C1(O)CCc1ccccc1. The van der Waals surface area contributed by atoms with E-state index in [2.05, 4.69) is 12.1 Å². The van der Waals surface area contributed by atoms with Crippen LogP contribution in [0.4, 0.5) is 0 Å². The van der Waals surface area contributed by atoms with Crippen molar-refractivity contribution in [3.63, 3.8) is 0 Å². The second-order valence-corrected chi connectivity index (χ2v) is 6.61. The Hall–Kier alpha value is -2.17. The van der Waals surface area contributed by atoms with E-state index in [9.17, 15) is 9.90 Å². The molecule has 2 aromatic carbocycles. The zero-order valence-corrected chi connectivity index (χ0v) is 14.3. The second kappa shape index (κ2) is 6.75. The average molecular weight is 324 g/mol. The third kappa shape index (κ3) is 3.07. The molecule has 0 saturated carbocycles. The number of hydrogen-bond donors (Lipinski definition) is 1. The lowest BCUT2D eigenvalue weighted by Crippen LogP contribution is -2.47. The molecule has 126 valence electrons. The highest BCUT2D eigenvalue weighted by Gasteiger charge is 2.47. The topological polar surface area (TPSA) is 43.8 Å². The molecular weight excluding hydrogens is 300 g/mol. The minimum Gasteiger partial charge on any atom is -0.367 e. The maximum absolute atomic E-state index is 12.8. The predicted molar refractivity (Wildman–Crippen MR) is 94.7 cm³/mol. The second-order valence-electron chi connectivity index (χ2n) is 6.61. The maximum atomic E-state index is 12.8. The number of carbonyl (C=O) groups excluding carboxylic acids is 1. The first-order valence-electron chi connectivity index (χ1n) is 8.35. The van der Waals surface area contributed by atoms with Crippen molar-refractivity contribution in [1.82, 2.24) is 9.80 Å². The predicted octanol–water partition coefficient (Wildman–Crippen LogP) is 2.48. The van der Waals surface area contributed by atoms with E-state index in [1.807, 2.05) is 55.4 Å². The standard InChI is InChI=1S/C20H24N2O2/c1-21(2)14-15-22-19(23)17-10-6-7-11-18(17)20(22,24)13-12-16-8-4-3-5-9-16/h3-11,24H,12-15H2,1-2H3. The van der Waals surface area contributed by atoms with Crippen molar-refractivity contribution in [2.75, 3.05) is 27.2 Å². The molecule has 1 aliphatic heterocycles. The summed E-state index contributed by atoms with van der Waals surface area (Å²) < 4.78 is 0. The van der Waals surface area contributed by atoms with Gasteiger partial charge in [0.05, 0.1) is 0 Å². The molecule has 0 radical (unpaired) electrons. The van der Waals surface area contributed by atoms with Gasteiger partial charge in [-0.1, -0.05) is 48.5 Å². The van der Waals surface area contributed by atoms with Crippen LogP contribution in [0.5, 0.6) is 0 Å². The Morgan fingerprint density at radius 2 is 1.71 bits per heavy atom. The van der Waals surface area contributed by atoms with Gasteiger partial charge >= 0.3 is 0 Å². The summed E-state index contributed by atoms with van der Waals surface area (Å²) in [6.45, 7) is 1.22. The molecule has 1 N–H and O–H groups in total. The largest absolute Gasteiger partial charge is 0.367 e. The molecule has 1 unspecified atom stereocenters. The van der Waals surface area contributed by atoms with Gasteiger partial charge in [-0.2, -0.15) is 0 Å². The zero-order valence-electron chi connectivity index (χ0n) is 14.3. The van der Waals surface area contributed by atoms with Gasteiger partial charge in [-0.3, -0.25) is 4.79 Å². The number of nitrogens with zero attached hydrogens (tertiary/aromatic N) is 2. The number of aliphatic hydroxyl groups is 1. The van der Waals surface area contributed by atoms with Crippen LogP contribution in [-0.2, 0) is 12.1 Å². The van der Waals surface area contributed by atoms with Crippen molar-refractivity contribution >= 4 is 5.91 Å². The Labute approximate surface area is 143 Å². The summed E-state index contributed by atoms with van der Waals surface area (Å²) in [5.41, 5.74) is 1.27. The van der Waals surface area contributed by atoms with Crippen LogP contribution in [0, 0.1) is 0 Å². The van der Waals surface area contributed by atoms with Crippen LogP contribution in [-0.4, -0.2) is 48.0 Å². The molecule has 0 aliphatic carbocycles. The molecule has 2 aromatic rings. The highest BCUT2D eigenvalue weighted by molar-refractivity contribution is 5.99. The zero-order chi connectivity index (χ0) is 17.2. The van der Waals surface area contributed by atoms with Crippen LogP contribution >= 0.6 is 0 Å². The van der Waals surface area contributed by atoms with Gasteiger partial charge in [-0.05, 0) is 32.1 Å². The van der Waals surface area contributed by atoms with Gasteiger partial charge in [-0.25, -0.2) is 0 Å². The van der Waals surface area contributed by atoms with Crippen LogP contribution in [0.1, 0.15) is 27.9 Å². The molecule has 0 spiro atoms. The first-order valence-corrected chi connectivity index (χ1v) is 8.35. The maximum Gasteiger partial charge on any atom is 0.256 e. The van der Waals surface area contributed by atoms with Gasteiger partial charge in [0.25, 0.3) is 5.91 Å². The number of carbonyl (C=O) groups is 1. The van der Waals surface area contributed by atoms with Crippen LogP contribution in [0.15, 0.2) is 54.6 Å². The number of aryl methyl sites for hydroxylation is 1. The first kappa shape index (κ1) is 16.7. The monoisotopic (exact) mass is 324 g/mol. The fraction of sp³-hybridized carbons (Fsp3) is 0.350. The van der Waals surface area contributed by atoms with Crippen LogP contribution in [0.25, 0.3) is 0 Å². The summed E-state index contributed by atoms with van der Waals surface area (Å²) in [5.74, 6) is -0.0805. The number of benzene rings is 2. The summed E-state index contributed by atoms with van der Waals surface area (Å²) >= 11 is 0. The normalized spacial score (nSPS) is 19.8. The van der Waals surface area contributed by atoms with Gasteiger partial charge in [-0.15, -0.1) is 0 Å². The van der Waals surface area contributed by atoms with Crippen molar-refractivity contribution in [2.24, 2.45) is 0 Å². The quantitative estimate of drug-likeness (QED) is 0.888. The fourth-order valence-electron chi connectivity index (χ4n) is 3.30. The fourth-order valence-corrected chi connectivity index (χ4v) is 3.30. The van der Waals surface area contributed by atoms with Crippen molar-refractivity contribution in [3.8, 4) is 0 Å². The van der Waals surface area contributed by atoms with Crippen molar-refractivity contribution in [3.05, 3.63) is 71.3 Å². The molecule has 1 atom stereocenters. The van der Waals surface area contributed by atoms with Crippen LogP contribution in [0.2, 0.25) is 0 Å². The van der Waals surface area contributed by atoms with Crippen molar-refractivity contribution in [2.45, 2.75) is 18.6 Å². The van der Waals surface area contributed by atoms with Gasteiger partial charge < -0.3 is 14.9 Å². The van der Waals surface area contributed by atoms with Gasteiger partial charge in [0, 0.05) is 30.6 Å². The van der Waals surface area contributed by atoms with Crippen LogP contribution < -0.4 is 0 Å². The summed E-state index contributed by atoms with van der Waals surface area (Å²) in [5, 5.41) is 11.4. The van der Waals surface area contributed by atoms with Crippen LogP contribution in [0.3, 0.4) is 0 Å². The highest BCUT2D eigenvalue weighted by Crippen LogP contribution is 2.40. The number of likely N-dealkylation sites (N-methyl/N-ethyl adjacent to an activating group) is 1. The third-order valence-corrected chi connectivity index (χ3v) is 4.66. The first-order chi connectivity index (χ1) is 11.5. The Kier molecular flexibility index (Phi) is 4.69. The molecule has 0 aromatic heterocycles. The van der Waals surface area contributed by atoms with E-state index in [1.165, 1.54) is 0 Å². The number of amides is 1. The minimum absolute atomic E-state index is 0.0805. The highest BCUT2D eigenvalue weighted by atomic mass is 16.3. The number of hydrogen-bond acceptors (Lipinski definition) is 3. The Bertz CT molecular complexity index is 715. The summed E-state index contributed by atoms with van der Waals surface area (Å²) in [6.07, 6.45) is 1.21. The molecule has 0 fully saturated rings. The molecule has 1 heterocycles. The lowest BCUT2D eigenvalue weighted by Gasteiger charge is -2.35. The molecular formula is C20H24N2O2. The molecule has 4 heteroatoms. The van der Waals surface area contributed by atoms with Gasteiger partial charge in [0.1, 0.15) is 0 Å². The molecule has 1 aliphatic rings. The summed E-state index contributed by atoms with van der Waals surface area (Å²) in [7, 11) is 3.94. The Balaban J connectivity index is 1.88. The molecule has 24 heavy (non-hydrogen) atoms. The van der Waals surface area contributed by atoms with E-state index in [0.717, 1.165) is 17.5 Å². The van der Waals surface area contributed by atoms with Crippen molar-refractivity contribution in [1.29, 1.82) is 0 Å². The van der Waals surface area contributed by atoms with E-state index in [0.29, 0.717) is 25.1 Å². The molecule has 4 nitrogen and oxygen atoms in total. The molecule has 1 amide bonds. The third-order valence-electron chi connectivity index (χ3n) is 4.66. The summed E-state index contributed by atoms with van der Waals surface area (Å²) in [6, 6.07) is 17.5. The molecule has 3 rings (SSSR count). The van der Waals surface area contributed by atoms with E-state index in [-0.39, 0.29) is 5.91 Å². The summed E-state index contributed by atoms with van der Waals surface area (Å²) in [4.78, 5) is 16.4. The van der Waals surface area contributed by atoms with E-state index >= 15 is 0 Å². The lowest BCUT2D eigenvalue weighted by atomic mass is 9.94. The Morgan fingerprint density at radius 1 is 1.04 bits per heavy atom. The minimum atomic E-state index is -1.24. The number of fused-ring (bicyclic) bond motifs is 1. The van der Waals surface area contributed by atoms with E-state index in [1.54, 1.807) is 11.0 Å². The number of rotatable bonds is 6. The molecule has 0 saturated heterocycles. The van der Waals surface area contributed by atoms with Crippen molar-refractivity contribution < 1.29 is 9.90 Å². The Morgan fingerprint density at radius 3 is 2.42 bits per heavy atom. The van der Waals surface area contributed by atoms with Gasteiger partial charge in [0.15, 0.2) is 5.72 Å². The van der Waals surface area contributed by atoms with E-state index < -0.39 is 5.72 Å². The molecule has 0 bridgehead atoms.